The van der Waals surface area contributed by atoms with Gasteiger partial charge in [0.15, 0.2) is 0 Å². The quantitative estimate of drug-likeness (QED) is 0.802. The second kappa shape index (κ2) is 5.88. The molecule has 0 saturated heterocycles. The van der Waals surface area contributed by atoms with Gasteiger partial charge < -0.3 is 5.32 Å². The monoisotopic (exact) mass is 332 g/mol. The first-order valence-electron chi connectivity index (χ1n) is 6.10. The molecule has 0 amide bonds. The summed E-state index contributed by atoms with van der Waals surface area (Å²) in [6.45, 7) is 6.86. The van der Waals surface area contributed by atoms with E-state index in [0.717, 1.165) is 10.7 Å². The molecule has 1 aromatic heterocycles. The summed E-state index contributed by atoms with van der Waals surface area (Å²) in [4.78, 5) is 4.57. The molecule has 2 nitrogen and oxygen atoms in total. The highest BCUT2D eigenvalue weighted by molar-refractivity contribution is 7.09. The van der Waals surface area contributed by atoms with E-state index in [9.17, 15) is 4.39 Å². The van der Waals surface area contributed by atoms with Crippen LogP contribution in [0.5, 0.6) is 0 Å². The Bertz CT molecular complexity index is 597. The van der Waals surface area contributed by atoms with Crippen molar-refractivity contribution in [3.8, 4) is 0 Å². The third kappa shape index (κ3) is 3.62. The molecule has 0 saturated carbocycles. The average molecular weight is 333 g/mol. The van der Waals surface area contributed by atoms with E-state index in [-0.39, 0.29) is 15.5 Å². The average Bonchev–Trinajstić information content (AvgIpc) is 2.75. The van der Waals surface area contributed by atoms with Gasteiger partial charge in [-0.15, -0.1) is 11.3 Å². The van der Waals surface area contributed by atoms with Crippen LogP contribution in [0.2, 0.25) is 10.0 Å². The first-order chi connectivity index (χ1) is 9.27. The topological polar surface area (TPSA) is 24.9 Å². The van der Waals surface area contributed by atoms with Gasteiger partial charge in [-0.05, 0) is 12.1 Å². The Morgan fingerprint density at radius 3 is 2.35 bits per heavy atom. The number of halogens is 3. The van der Waals surface area contributed by atoms with E-state index in [4.69, 9.17) is 23.2 Å². The SMILES string of the molecule is CC(C)(C)c1nc(CNc2c(Cl)cc(F)cc2Cl)cs1. The van der Waals surface area contributed by atoms with Crippen LogP contribution in [-0.4, -0.2) is 4.98 Å². The van der Waals surface area contributed by atoms with Crippen LogP contribution in [0.25, 0.3) is 0 Å². The van der Waals surface area contributed by atoms with Gasteiger partial charge in [-0.2, -0.15) is 0 Å². The molecule has 0 aliphatic carbocycles. The highest BCUT2D eigenvalue weighted by Crippen LogP contribution is 2.32. The van der Waals surface area contributed by atoms with E-state index < -0.39 is 5.82 Å². The first kappa shape index (κ1) is 15.5. The van der Waals surface area contributed by atoms with Crippen molar-refractivity contribution in [3.63, 3.8) is 0 Å². The fourth-order valence-corrected chi connectivity index (χ4v) is 3.12. The largest absolute Gasteiger partial charge is 0.377 e. The Balaban J connectivity index is 2.12. The lowest BCUT2D eigenvalue weighted by molar-refractivity contribution is 0.583. The first-order valence-corrected chi connectivity index (χ1v) is 7.74. The molecule has 1 N–H and O–H groups in total. The minimum absolute atomic E-state index is 0.0358. The molecule has 0 unspecified atom stereocenters. The van der Waals surface area contributed by atoms with E-state index >= 15 is 0 Å². The summed E-state index contributed by atoms with van der Waals surface area (Å²) in [7, 11) is 0. The maximum Gasteiger partial charge on any atom is 0.126 e. The zero-order chi connectivity index (χ0) is 14.9. The summed E-state index contributed by atoms with van der Waals surface area (Å²) in [5.41, 5.74) is 1.48. The van der Waals surface area contributed by atoms with Crippen LogP contribution in [0.15, 0.2) is 17.5 Å². The summed E-state index contributed by atoms with van der Waals surface area (Å²) in [5.74, 6) is -0.450. The number of benzene rings is 1. The van der Waals surface area contributed by atoms with Crippen LogP contribution in [0, 0.1) is 5.82 Å². The van der Waals surface area contributed by atoms with E-state index in [2.05, 4.69) is 31.1 Å². The van der Waals surface area contributed by atoms with Crippen molar-refractivity contribution in [1.29, 1.82) is 0 Å². The smallest absolute Gasteiger partial charge is 0.126 e. The number of rotatable bonds is 3. The Labute approximate surface area is 131 Å². The maximum atomic E-state index is 13.1. The van der Waals surface area contributed by atoms with Gasteiger partial charge in [-0.1, -0.05) is 44.0 Å². The van der Waals surface area contributed by atoms with Gasteiger partial charge in [0.1, 0.15) is 5.82 Å². The van der Waals surface area contributed by atoms with Crippen molar-refractivity contribution in [3.05, 3.63) is 44.1 Å². The number of nitrogens with zero attached hydrogens (tertiary/aromatic N) is 1. The fraction of sp³-hybridized carbons (Fsp3) is 0.357. The van der Waals surface area contributed by atoms with Gasteiger partial charge in [0.2, 0.25) is 0 Å². The van der Waals surface area contributed by atoms with Gasteiger partial charge in [0, 0.05) is 10.8 Å². The predicted molar refractivity (Wildman–Crippen MR) is 84.6 cm³/mol. The lowest BCUT2D eigenvalue weighted by Gasteiger charge is -2.13. The van der Waals surface area contributed by atoms with Crippen molar-refractivity contribution < 1.29 is 4.39 Å². The molecule has 0 aliphatic rings. The molecule has 0 atom stereocenters. The third-order valence-electron chi connectivity index (χ3n) is 2.65. The summed E-state index contributed by atoms with van der Waals surface area (Å²) < 4.78 is 13.1. The number of nitrogens with one attached hydrogen (secondary N) is 1. The third-order valence-corrected chi connectivity index (χ3v) is 4.56. The molecule has 0 radical (unpaired) electrons. The molecule has 20 heavy (non-hydrogen) atoms. The minimum Gasteiger partial charge on any atom is -0.377 e. The number of hydrogen-bond acceptors (Lipinski definition) is 3. The van der Waals surface area contributed by atoms with E-state index in [0.29, 0.717) is 12.2 Å². The van der Waals surface area contributed by atoms with E-state index in [1.807, 2.05) is 5.38 Å². The van der Waals surface area contributed by atoms with Gasteiger partial charge >= 0.3 is 0 Å². The maximum absolute atomic E-state index is 13.1. The predicted octanol–water partition coefficient (Wildman–Crippen LogP) is 5.50. The van der Waals surface area contributed by atoms with Crippen molar-refractivity contribution >= 4 is 40.2 Å². The second-order valence-electron chi connectivity index (χ2n) is 5.49. The van der Waals surface area contributed by atoms with E-state index in [1.165, 1.54) is 12.1 Å². The van der Waals surface area contributed by atoms with Crippen LogP contribution >= 0.6 is 34.5 Å². The molecule has 0 aliphatic heterocycles. The van der Waals surface area contributed by atoms with Crippen molar-refractivity contribution in [2.45, 2.75) is 32.7 Å². The molecular weight excluding hydrogens is 318 g/mol. The lowest BCUT2D eigenvalue weighted by Crippen LogP contribution is -2.11. The van der Waals surface area contributed by atoms with E-state index in [1.54, 1.807) is 11.3 Å². The van der Waals surface area contributed by atoms with Crippen molar-refractivity contribution in [1.82, 2.24) is 4.98 Å². The summed E-state index contributed by atoms with van der Waals surface area (Å²) in [6, 6.07) is 2.47. The van der Waals surface area contributed by atoms with Crippen molar-refractivity contribution in [2.24, 2.45) is 0 Å². The Morgan fingerprint density at radius 1 is 1.25 bits per heavy atom. The minimum atomic E-state index is -0.450. The van der Waals surface area contributed by atoms with Gasteiger partial charge in [0.05, 0.1) is 33.0 Å². The molecular formula is C14H15Cl2FN2S. The standard InChI is InChI=1S/C14H15Cl2FN2S/c1-14(2,3)13-19-9(7-20-13)6-18-12-10(15)4-8(17)5-11(12)16/h4-5,7,18H,6H2,1-3H3. The number of anilines is 1. The van der Waals surface area contributed by atoms with Crippen LogP contribution in [0.1, 0.15) is 31.5 Å². The molecule has 2 rings (SSSR count). The Kier molecular flexibility index (Phi) is 4.57. The Hall–Kier alpha value is -0.840. The summed E-state index contributed by atoms with van der Waals surface area (Å²) in [5, 5.41) is 6.71. The van der Waals surface area contributed by atoms with Crippen LogP contribution in [-0.2, 0) is 12.0 Å². The van der Waals surface area contributed by atoms with Gasteiger partial charge in [-0.25, -0.2) is 9.37 Å². The molecule has 0 spiro atoms. The second-order valence-corrected chi connectivity index (χ2v) is 7.16. The zero-order valence-electron chi connectivity index (χ0n) is 11.4. The zero-order valence-corrected chi connectivity index (χ0v) is 13.8. The Morgan fingerprint density at radius 2 is 1.85 bits per heavy atom. The number of hydrogen-bond donors (Lipinski definition) is 1. The summed E-state index contributed by atoms with van der Waals surface area (Å²) in [6.07, 6.45) is 0. The summed E-state index contributed by atoms with van der Waals surface area (Å²) >= 11 is 13.6. The van der Waals surface area contributed by atoms with Crippen LogP contribution in [0.3, 0.4) is 0 Å². The molecule has 1 aromatic carbocycles. The molecule has 1 heterocycles. The van der Waals surface area contributed by atoms with Crippen molar-refractivity contribution in [2.75, 3.05) is 5.32 Å². The molecule has 0 fully saturated rings. The van der Waals surface area contributed by atoms with Gasteiger partial charge in [0.25, 0.3) is 0 Å². The molecule has 2 aromatic rings. The lowest BCUT2D eigenvalue weighted by atomic mass is 9.98. The molecule has 6 heteroatoms. The fourth-order valence-electron chi connectivity index (χ4n) is 1.62. The van der Waals surface area contributed by atoms with Crippen LogP contribution < -0.4 is 5.32 Å². The molecule has 108 valence electrons. The highest BCUT2D eigenvalue weighted by Gasteiger charge is 2.18. The number of aromatic nitrogens is 1. The van der Waals surface area contributed by atoms with Crippen LogP contribution in [0.4, 0.5) is 10.1 Å². The molecule has 0 bridgehead atoms. The number of thiazole rings is 1. The normalized spacial score (nSPS) is 11.7. The highest BCUT2D eigenvalue weighted by atomic mass is 35.5. The van der Waals surface area contributed by atoms with Gasteiger partial charge in [-0.3, -0.25) is 0 Å².